The minimum Gasteiger partial charge on any atom is -0.485 e. The molecule has 0 saturated carbocycles. The van der Waals surface area contributed by atoms with Crippen LogP contribution in [0.2, 0.25) is 0 Å². The van der Waals surface area contributed by atoms with Crippen molar-refractivity contribution in [1.82, 2.24) is 4.98 Å². The number of rotatable bonds is 8. The Kier molecular flexibility index (Phi) is 7.41. The Bertz CT molecular complexity index is 801. The summed E-state index contributed by atoms with van der Waals surface area (Å²) in [5.41, 5.74) is 0.625. The average molecular weight is 403 g/mol. The molecular weight excluding hydrogens is 387 g/mol. The van der Waals surface area contributed by atoms with Crippen LogP contribution >= 0.6 is 11.3 Å². The van der Waals surface area contributed by atoms with Crippen molar-refractivity contribution in [3.8, 4) is 5.75 Å². The molecule has 1 heterocycles. The summed E-state index contributed by atoms with van der Waals surface area (Å²) < 4.78 is 47.2. The second-order valence-corrected chi connectivity index (χ2v) is 6.00. The molecule has 0 atom stereocenters. The number of methoxy groups -OCH3 is 1. The molecule has 1 aromatic heterocycles. The fourth-order valence-corrected chi connectivity index (χ4v) is 2.67. The fourth-order valence-electron chi connectivity index (χ4n) is 1.93. The topological polar surface area (TPSA) is 89.5 Å². The molecule has 2 amide bonds. The van der Waals surface area contributed by atoms with Crippen LogP contribution in [-0.4, -0.2) is 37.1 Å². The third-order valence-corrected chi connectivity index (χ3v) is 3.95. The van der Waals surface area contributed by atoms with E-state index in [1.165, 1.54) is 13.2 Å². The number of hydrogen-bond donors (Lipinski definition) is 2. The summed E-state index contributed by atoms with van der Waals surface area (Å²) in [6.45, 7) is -0.935. The molecule has 0 bridgehead atoms. The number of nitrogens with one attached hydrogen (secondary N) is 2. The lowest BCUT2D eigenvalue weighted by molar-refractivity contribution is -0.140. The smallest absolute Gasteiger partial charge is 0.325 e. The van der Waals surface area contributed by atoms with Crippen LogP contribution in [0.3, 0.4) is 0 Å². The Balaban J connectivity index is 1.95. The first-order chi connectivity index (χ1) is 12.9. The van der Waals surface area contributed by atoms with E-state index in [0.29, 0.717) is 12.1 Å². The van der Waals surface area contributed by atoms with Crippen molar-refractivity contribution in [3.05, 3.63) is 35.1 Å². The molecule has 0 spiro atoms. The molecular formula is C16H16F3N3O4S. The highest BCUT2D eigenvalue weighted by molar-refractivity contribution is 7.13. The number of thiazole rings is 1. The Hall–Kier alpha value is -2.82. The summed E-state index contributed by atoms with van der Waals surface area (Å²) in [4.78, 5) is 27.3. The monoisotopic (exact) mass is 403 g/mol. The number of esters is 1. The molecule has 0 aliphatic carbocycles. The summed E-state index contributed by atoms with van der Waals surface area (Å²) in [6.07, 6.45) is -2.23. The number of hydrogen-bond acceptors (Lipinski definition) is 6. The Morgan fingerprint density at radius 1 is 1.30 bits per heavy atom. The van der Waals surface area contributed by atoms with Crippen LogP contribution in [0.1, 0.15) is 12.1 Å². The van der Waals surface area contributed by atoms with E-state index in [1.54, 1.807) is 5.38 Å². The van der Waals surface area contributed by atoms with Crippen LogP contribution in [0, 0.1) is 5.82 Å². The maximum Gasteiger partial charge on any atom is 0.325 e. The van der Waals surface area contributed by atoms with Crippen molar-refractivity contribution in [2.24, 2.45) is 0 Å². The van der Waals surface area contributed by atoms with Crippen molar-refractivity contribution < 1.29 is 32.2 Å². The molecule has 146 valence electrons. The summed E-state index contributed by atoms with van der Waals surface area (Å²) in [5.74, 6) is -1.29. The van der Waals surface area contributed by atoms with Gasteiger partial charge < -0.3 is 14.8 Å². The summed E-state index contributed by atoms with van der Waals surface area (Å²) in [6, 6.07) is 2.43. The summed E-state index contributed by atoms with van der Waals surface area (Å²) >= 11 is 1.14. The van der Waals surface area contributed by atoms with Crippen molar-refractivity contribution >= 4 is 34.2 Å². The van der Waals surface area contributed by atoms with E-state index in [0.717, 1.165) is 23.5 Å². The average Bonchev–Trinajstić information content (AvgIpc) is 3.06. The maximum absolute atomic E-state index is 13.3. The number of ether oxygens (including phenoxy) is 2. The van der Waals surface area contributed by atoms with Gasteiger partial charge in [-0.1, -0.05) is 0 Å². The second kappa shape index (κ2) is 9.76. The zero-order valence-electron chi connectivity index (χ0n) is 14.1. The van der Waals surface area contributed by atoms with E-state index >= 15 is 0 Å². The number of nitrogens with zero attached hydrogens (tertiary/aromatic N) is 1. The number of carbonyl (C=O) groups is 2. The third-order valence-electron chi connectivity index (χ3n) is 3.14. The summed E-state index contributed by atoms with van der Waals surface area (Å²) in [5, 5.41) is 6.79. The largest absolute Gasteiger partial charge is 0.485 e. The van der Waals surface area contributed by atoms with Crippen LogP contribution in [-0.2, 0) is 16.0 Å². The molecule has 0 saturated heterocycles. The zero-order chi connectivity index (χ0) is 19.8. The molecule has 2 rings (SSSR count). The molecule has 7 nitrogen and oxygen atoms in total. The minimum absolute atomic E-state index is 0.0250. The van der Waals surface area contributed by atoms with Gasteiger partial charge in [-0.15, -0.1) is 11.3 Å². The molecule has 11 heteroatoms. The molecule has 1 aromatic carbocycles. The number of aryl methyl sites for hydroxylation is 1. The normalized spacial score (nSPS) is 10.6. The van der Waals surface area contributed by atoms with E-state index in [4.69, 9.17) is 4.74 Å². The highest BCUT2D eigenvalue weighted by atomic mass is 32.1. The Morgan fingerprint density at radius 2 is 2.07 bits per heavy atom. The summed E-state index contributed by atoms with van der Waals surface area (Å²) in [7, 11) is 1.29. The third kappa shape index (κ3) is 6.77. The van der Waals surface area contributed by atoms with E-state index in [2.05, 4.69) is 20.4 Å². The fraction of sp³-hybridized carbons (Fsp3) is 0.312. The maximum atomic E-state index is 13.3. The first kappa shape index (κ1) is 20.5. The van der Waals surface area contributed by atoms with Gasteiger partial charge in [0, 0.05) is 17.9 Å². The number of carbonyl (C=O) groups excluding carboxylic acids is 2. The van der Waals surface area contributed by atoms with Gasteiger partial charge in [0.15, 0.2) is 5.13 Å². The van der Waals surface area contributed by atoms with Gasteiger partial charge in [-0.2, -0.15) is 0 Å². The van der Waals surface area contributed by atoms with E-state index < -0.39 is 24.9 Å². The molecule has 2 aromatic rings. The predicted octanol–water partition coefficient (Wildman–Crippen LogP) is 3.68. The van der Waals surface area contributed by atoms with Gasteiger partial charge in [-0.05, 0) is 12.1 Å². The SMILES string of the molecule is COC(=O)CCc1csc(NC(=O)Nc2ccc(F)cc2OCC(F)F)n1. The first-order valence-electron chi connectivity index (χ1n) is 7.67. The predicted molar refractivity (Wildman–Crippen MR) is 93.0 cm³/mol. The van der Waals surface area contributed by atoms with Gasteiger partial charge in [-0.25, -0.2) is 22.9 Å². The minimum atomic E-state index is -2.74. The van der Waals surface area contributed by atoms with Crippen molar-refractivity contribution in [3.63, 3.8) is 0 Å². The highest BCUT2D eigenvalue weighted by Gasteiger charge is 2.13. The van der Waals surface area contributed by atoms with E-state index in [-0.39, 0.29) is 29.0 Å². The standard InChI is InChI=1S/C16H16F3N3O4S/c1-25-14(23)5-3-10-8-27-16(20-10)22-15(24)21-11-4-2-9(17)6-12(11)26-7-13(18)19/h2,4,6,8,13H,3,5,7H2,1H3,(H2,20,21,22,24). The van der Waals surface area contributed by atoms with Gasteiger partial charge in [0.05, 0.1) is 24.9 Å². The number of anilines is 2. The molecule has 0 aliphatic heterocycles. The van der Waals surface area contributed by atoms with Gasteiger partial charge in [0.1, 0.15) is 18.2 Å². The van der Waals surface area contributed by atoms with E-state index in [9.17, 15) is 22.8 Å². The van der Waals surface area contributed by atoms with Crippen LogP contribution < -0.4 is 15.4 Å². The Morgan fingerprint density at radius 3 is 2.78 bits per heavy atom. The zero-order valence-corrected chi connectivity index (χ0v) is 14.9. The number of aromatic nitrogens is 1. The number of urea groups is 1. The van der Waals surface area contributed by atoms with Crippen molar-refractivity contribution in [1.29, 1.82) is 0 Å². The van der Waals surface area contributed by atoms with Crippen LogP contribution in [0.5, 0.6) is 5.75 Å². The van der Waals surface area contributed by atoms with Gasteiger partial charge >= 0.3 is 12.0 Å². The first-order valence-corrected chi connectivity index (χ1v) is 8.55. The molecule has 0 aliphatic rings. The van der Waals surface area contributed by atoms with Crippen molar-refractivity contribution in [2.45, 2.75) is 19.3 Å². The highest BCUT2D eigenvalue weighted by Crippen LogP contribution is 2.26. The Labute approximate surface area is 156 Å². The molecule has 27 heavy (non-hydrogen) atoms. The lowest BCUT2D eigenvalue weighted by atomic mass is 10.2. The number of amides is 2. The lowest BCUT2D eigenvalue weighted by Gasteiger charge is -2.12. The number of alkyl halides is 2. The van der Waals surface area contributed by atoms with Crippen LogP contribution in [0.15, 0.2) is 23.6 Å². The molecule has 0 unspecified atom stereocenters. The quantitative estimate of drug-likeness (QED) is 0.657. The molecule has 2 N–H and O–H groups in total. The van der Waals surface area contributed by atoms with Crippen LogP contribution in [0.25, 0.3) is 0 Å². The molecule has 0 radical (unpaired) electrons. The number of halogens is 3. The number of benzene rings is 1. The van der Waals surface area contributed by atoms with E-state index in [1.807, 2.05) is 0 Å². The molecule has 0 fully saturated rings. The van der Waals surface area contributed by atoms with Gasteiger partial charge in [-0.3, -0.25) is 10.1 Å². The van der Waals surface area contributed by atoms with Crippen LogP contribution in [0.4, 0.5) is 28.8 Å². The van der Waals surface area contributed by atoms with Gasteiger partial charge in [0.25, 0.3) is 6.43 Å². The second-order valence-electron chi connectivity index (χ2n) is 5.14. The lowest BCUT2D eigenvalue weighted by Crippen LogP contribution is -2.20. The van der Waals surface area contributed by atoms with Gasteiger partial charge in [0.2, 0.25) is 0 Å². The van der Waals surface area contributed by atoms with Crippen molar-refractivity contribution in [2.75, 3.05) is 24.4 Å².